The van der Waals surface area contributed by atoms with Crippen LogP contribution in [0.4, 0.5) is 0 Å². The average molecular weight is 348 g/mol. The fraction of sp³-hybridized carbons (Fsp3) is 0.333. The van der Waals surface area contributed by atoms with Crippen molar-refractivity contribution >= 4 is 15.9 Å². The number of hydrogen-bond acceptors (Lipinski definition) is 2. The van der Waals surface area contributed by atoms with Crippen molar-refractivity contribution in [3.63, 3.8) is 0 Å². The van der Waals surface area contributed by atoms with Crippen LogP contribution in [-0.4, -0.2) is 25.6 Å². The predicted octanol–water partition coefficient (Wildman–Crippen LogP) is 4.64. The molecule has 1 unspecified atom stereocenters. The normalized spacial score (nSPS) is 12.6. The van der Waals surface area contributed by atoms with E-state index in [4.69, 9.17) is 4.74 Å². The molecule has 0 radical (unpaired) electrons. The van der Waals surface area contributed by atoms with Crippen molar-refractivity contribution in [3.8, 4) is 0 Å². The Hall–Kier alpha value is -1.16. The van der Waals surface area contributed by atoms with Crippen LogP contribution in [0.15, 0.2) is 53.0 Å². The Labute approximate surface area is 135 Å². The lowest BCUT2D eigenvalue weighted by molar-refractivity contribution is 0.135. The van der Waals surface area contributed by atoms with E-state index in [0.29, 0.717) is 0 Å². The molecule has 112 valence electrons. The quantitative estimate of drug-likeness (QED) is 0.754. The number of rotatable bonds is 6. The minimum atomic E-state index is -0.0282. The van der Waals surface area contributed by atoms with E-state index >= 15 is 0 Å². The second-order valence-electron chi connectivity index (χ2n) is 5.20. The van der Waals surface area contributed by atoms with E-state index in [2.05, 4.69) is 77.3 Å². The Morgan fingerprint density at radius 1 is 1.14 bits per heavy atom. The third-order valence-electron chi connectivity index (χ3n) is 3.71. The van der Waals surface area contributed by atoms with Gasteiger partial charge in [0.15, 0.2) is 0 Å². The minimum Gasteiger partial charge on any atom is -0.372 e. The molecule has 0 bridgehead atoms. The molecule has 0 aliphatic heterocycles. The summed E-state index contributed by atoms with van der Waals surface area (Å²) in [5.74, 6) is 0. The van der Waals surface area contributed by atoms with Crippen molar-refractivity contribution in [1.29, 1.82) is 0 Å². The van der Waals surface area contributed by atoms with Gasteiger partial charge in [0.1, 0.15) is 6.10 Å². The van der Waals surface area contributed by atoms with E-state index in [1.165, 1.54) is 16.7 Å². The molecule has 0 saturated heterocycles. The summed E-state index contributed by atoms with van der Waals surface area (Å²) in [5, 5.41) is 0. The first-order valence-electron chi connectivity index (χ1n) is 7.20. The van der Waals surface area contributed by atoms with E-state index < -0.39 is 0 Å². The van der Waals surface area contributed by atoms with Gasteiger partial charge in [0, 0.05) is 18.1 Å². The van der Waals surface area contributed by atoms with Gasteiger partial charge in [-0.1, -0.05) is 59.3 Å². The maximum absolute atomic E-state index is 5.78. The zero-order chi connectivity index (χ0) is 15.2. The number of nitrogens with zero attached hydrogens (tertiary/aromatic N) is 1. The predicted molar refractivity (Wildman–Crippen MR) is 91.4 cm³/mol. The van der Waals surface area contributed by atoms with Crippen molar-refractivity contribution in [2.75, 3.05) is 20.7 Å². The molecule has 0 amide bonds. The highest BCUT2D eigenvalue weighted by Crippen LogP contribution is 2.30. The fourth-order valence-corrected chi connectivity index (χ4v) is 2.85. The molecule has 1 atom stereocenters. The molecular formula is C18H22BrNO. The fourth-order valence-electron chi connectivity index (χ4n) is 2.44. The van der Waals surface area contributed by atoms with Gasteiger partial charge in [0.2, 0.25) is 0 Å². The van der Waals surface area contributed by atoms with Crippen molar-refractivity contribution in [2.45, 2.75) is 19.6 Å². The molecule has 3 heteroatoms. The molecule has 0 aliphatic carbocycles. The van der Waals surface area contributed by atoms with Gasteiger partial charge in [-0.3, -0.25) is 0 Å². The molecular weight excluding hydrogens is 326 g/mol. The summed E-state index contributed by atoms with van der Waals surface area (Å²) in [6.45, 7) is 4.11. The van der Waals surface area contributed by atoms with Crippen LogP contribution in [0.5, 0.6) is 0 Å². The zero-order valence-electron chi connectivity index (χ0n) is 12.8. The van der Waals surface area contributed by atoms with E-state index in [1.807, 2.05) is 6.07 Å². The summed E-state index contributed by atoms with van der Waals surface area (Å²) in [4.78, 5) is 2.29. The van der Waals surface area contributed by atoms with Gasteiger partial charge >= 0.3 is 0 Å². The van der Waals surface area contributed by atoms with Gasteiger partial charge in [-0.25, -0.2) is 0 Å². The van der Waals surface area contributed by atoms with Crippen LogP contribution in [0, 0.1) is 0 Å². The van der Waals surface area contributed by atoms with Gasteiger partial charge in [-0.15, -0.1) is 0 Å². The van der Waals surface area contributed by atoms with Crippen molar-refractivity contribution < 1.29 is 4.74 Å². The van der Waals surface area contributed by atoms with Crippen LogP contribution in [0.1, 0.15) is 29.7 Å². The van der Waals surface area contributed by atoms with Gasteiger partial charge in [-0.2, -0.15) is 0 Å². The standard InChI is InChI=1S/C18H22BrNO/c1-4-20(2)13-15-12-16(19)10-11-17(15)18(21-3)14-8-6-5-7-9-14/h5-12,18H,4,13H2,1-3H3. The summed E-state index contributed by atoms with van der Waals surface area (Å²) in [5.41, 5.74) is 3.71. The average Bonchev–Trinajstić information content (AvgIpc) is 2.51. The third kappa shape index (κ3) is 4.16. The monoisotopic (exact) mass is 347 g/mol. The van der Waals surface area contributed by atoms with E-state index in [-0.39, 0.29) is 6.10 Å². The lowest BCUT2D eigenvalue weighted by Crippen LogP contribution is -2.19. The molecule has 0 heterocycles. The number of hydrogen-bond donors (Lipinski definition) is 0. The molecule has 0 aromatic heterocycles. The van der Waals surface area contributed by atoms with E-state index in [1.54, 1.807) is 7.11 Å². The summed E-state index contributed by atoms with van der Waals surface area (Å²) >= 11 is 3.58. The van der Waals surface area contributed by atoms with Crippen molar-refractivity contribution in [2.24, 2.45) is 0 Å². The van der Waals surface area contributed by atoms with Crippen LogP contribution in [-0.2, 0) is 11.3 Å². The first kappa shape index (κ1) is 16.2. The SMILES string of the molecule is CCN(C)Cc1cc(Br)ccc1C(OC)c1ccccc1. The molecule has 2 aromatic carbocycles. The Kier molecular flexibility index (Phi) is 5.97. The molecule has 0 fully saturated rings. The summed E-state index contributed by atoms with van der Waals surface area (Å²) in [6, 6.07) is 16.8. The third-order valence-corrected chi connectivity index (χ3v) is 4.20. The highest BCUT2D eigenvalue weighted by Gasteiger charge is 2.17. The lowest BCUT2D eigenvalue weighted by atomic mass is 9.96. The molecule has 0 saturated carbocycles. The summed E-state index contributed by atoms with van der Waals surface area (Å²) < 4.78 is 6.89. The number of methoxy groups -OCH3 is 1. The highest BCUT2D eigenvalue weighted by atomic mass is 79.9. The molecule has 2 rings (SSSR count). The Bertz CT molecular complexity index is 571. The van der Waals surface area contributed by atoms with Gasteiger partial charge in [0.05, 0.1) is 0 Å². The van der Waals surface area contributed by atoms with Crippen LogP contribution in [0.2, 0.25) is 0 Å². The number of halogens is 1. The second kappa shape index (κ2) is 7.74. The second-order valence-corrected chi connectivity index (χ2v) is 6.12. The van der Waals surface area contributed by atoms with E-state index in [0.717, 1.165) is 17.6 Å². The van der Waals surface area contributed by atoms with Gasteiger partial charge in [0.25, 0.3) is 0 Å². The maximum atomic E-state index is 5.78. The van der Waals surface area contributed by atoms with Crippen LogP contribution in [0.3, 0.4) is 0 Å². The first-order chi connectivity index (χ1) is 10.2. The zero-order valence-corrected chi connectivity index (χ0v) is 14.4. The van der Waals surface area contributed by atoms with Gasteiger partial charge < -0.3 is 9.64 Å². The lowest BCUT2D eigenvalue weighted by Gasteiger charge is -2.23. The van der Waals surface area contributed by atoms with Gasteiger partial charge in [-0.05, 0) is 42.4 Å². The largest absolute Gasteiger partial charge is 0.372 e. The topological polar surface area (TPSA) is 12.5 Å². The van der Waals surface area contributed by atoms with Crippen molar-refractivity contribution in [3.05, 3.63) is 69.7 Å². The molecule has 2 nitrogen and oxygen atoms in total. The Morgan fingerprint density at radius 3 is 2.48 bits per heavy atom. The summed E-state index contributed by atoms with van der Waals surface area (Å²) in [7, 11) is 3.90. The molecule has 2 aromatic rings. The van der Waals surface area contributed by atoms with Crippen LogP contribution in [0.25, 0.3) is 0 Å². The Morgan fingerprint density at radius 2 is 1.86 bits per heavy atom. The first-order valence-corrected chi connectivity index (χ1v) is 7.99. The van der Waals surface area contributed by atoms with Crippen molar-refractivity contribution in [1.82, 2.24) is 4.90 Å². The molecule has 0 aliphatic rings. The molecule has 0 spiro atoms. The number of benzene rings is 2. The highest BCUT2D eigenvalue weighted by molar-refractivity contribution is 9.10. The van der Waals surface area contributed by atoms with Crippen LogP contribution >= 0.6 is 15.9 Å². The van der Waals surface area contributed by atoms with Crippen LogP contribution < -0.4 is 0 Å². The minimum absolute atomic E-state index is 0.0282. The smallest absolute Gasteiger partial charge is 0.107 e. The number of ether oxygens (including phenoxy) is 1. The van der Waals surface area contributed by atoms with E-state index in [9.17, 15) is 0 Å². The molecule has 0 N–H and O–H groups in total. The summed E-state index contributed by atoms with van der Waals surface area (Å²) in [6.07, 6.45) is -0.0282. The Balaban J connectivity index is 2.41. The molecule has 21 heavy (non-hydrogen) atoms. The maximum Gasteiger partial charge on any atom is 0.107 e.